The van der Waals surface area contributed by atoms with Crippen LogP contribution in [0, 0.1) is 5.92 Å². The smallest absolute Gasteiger partial charge is 0.122 e. The molecule has 1 aromatic carbocycles. The lowest BCUT2D eigenvalue weighted by molar-refractivity contribution is 0.306. The highest BCUT2D eigenvalue weighted by Gasteiger charge is 2.24. The van der Waals surface area contributed by atoms with Crippen molar-refractivity contribution in [3.8, 4) is 5.75 Å². The number of ether oxygens (including phenoxy) is 1. The van der Waals surface area contributed by atoms with Gasteiger partial charge in [0.05, 0.1) is 6.61 Å². The molecular formula is C16H25NO. The molecule has 100 valence electrons. The summed E-state index contributed by atoms with van der Waals surface area (Å²) in [6, 6.07) is 9.09. The van der Waals surface area contributed by atoms with Gasteiger partial charge in [-0.1, -0.05) is 39.0 Å². The Morgan fingerprint density at radius 3 is 2.83 bits per heavy atom. The Balaban J connectivity index is 1.91. The summed E-state index contributed by atoms with van der Waals surface area (Å²) in [4.78, 5) is 0. The van der Waals surface area contributed by atoms with Crippen LogP contribution < -0.4 is 10.1 Å². The van der Waals surface area contributed by atoms with Gasteiger partial charge in [0.2, 0.25) is 0 Å². The first-order valence-corrected chi connectivity index (χ1v) is 7.17. The molecule has 2 atom stereocenters. The first-order valence-electron chi connectivity index (χ1n) is 7.17. The molecular weight excluding hydrogens is 222 g/mol. The van der Waals surface area contributed by atoms with Gasteiger partial charge in [0, 0.05) is 17.5 Å². The first-order chi connectivity index (χ1) is 8.72. The average Bonchev–Trinajstić information content (AvgIpc) is 2.77. The third kappa shape index (κ3) is 3.05. The molecule has 2 unspecified atom stereocenters. The van der Waals surface area contributed by atoms with Crippen molar-refractivity contribution < 1.29 is 4.74 Å². The molecule has 1 heterocycles. The summed E-state index contributed by atoms with van der Waals surface area (Å²) in [5.41, 5.74) is 1.40. The number of benzene rings is 1. The van der Waals surface area contributed by atoms with Crippen molar-refractivity contribution in [2.24, 2.45) is 5.92 Å². The molecule has 0 saturated carbocycles. The molecule has 0 aromatic heterocycles. The lowest BCUT2D eigenvalue weighted by atomic mass is 9.91. The van der Waals surface area contributed by atoms with Gasteiger partial charge in [-0.2, -0.15) is 0 Å². The Bertz CT molecular complexity index is 375. The third-order valence-electron chi connectivity index (χ3n) is 3.90. The second-order valence-electron chi connectivity index (χ2n) is 5.53. The second kappa shape index (κ2) is 6.24. The summed E-state index contributed by atoms with van der Waals surface area (Å²) in [5, 5.41) is 3.59. The molecule has 2 heteroatoms. The summed E-state index contributed by atoms with van der Waals surface area (Å²) in [7, 11) is 0. The van der Waals surface area contributed by atoms with E-state index in [1.807, 2.05) is 0 Å². The number of nitrogens with one attached hydrogen (secondary N) is 1. The van der Waals surface area contributed by atoms with Crippen LogP contribution in [0.25, 0.3) is 0 Å². The van der Waals surface area contributed by atoms with Crippen LogP contribution in [0.1, 0.15) is 45.1 Å². The predicted molar refractivity (Wildman–Crippen MR) is 76.2 cm³/mol. The van der Waals surface area contributed by atoms with Crippen LogP contribution >= 0.6 is 0 Å². The van der Waals surface area contributed by atoms with E-state index >= 15 is 0 Å². The second-order valence-corrected chi connectivity index (χ2v) is 5.53. The van der Waals surface area contributed by atoms with Gasteiger partial charge in [0.25, 0.3) is 0 Å². The topological polar surface area (TPSA) is 21.3 Å². The van der Waals surface area contributed by atoms with Gasteiger partial charge >= 0.3 is 0 Å². The normalized spacial score (nSPS) is 19.7. The number of para-hydroxylation sites is 1. The highest BCUT2D eigenvalue weighted by atomic mass is 16.5. The van der Waals surface area contributed by atoms with E-state index < -0.39 is 0 Å². The minimum atomic E-state index is 0.584. The summed E-state index contributed by atoms with van der Waals surface area (Å²) < 4.78 is 5.74. The van der Waals surface area contributed by atoms with Gasteiger partial charge in [-0.05, 0) is 31.4 Å². The van der Waals surface area contributed by atoms with Gasteiger partial charge in [-0.3, -0.25) is 0 Å². The van der Waals surface area contributed by atoms with Gasteiger partial charge in [-0.15, -0.1) is 0 Å². The summed E-state index contributed by atoms with van der Waals surface area (Å²) in [5.74, 6) is 2.37. The molecule has 0 aliphatic carbocycles. The minimum Gasteiger partial charge on any atom is -0.493 e. The maximum Gasteiger partial charge on any atom is 0.122 e. The lowest BCUT2D eigenvalue weighted by Crippen LogP contribution is -2.34. The van der Waals surface area contributed by atoms with Crippen molar-refractivity contribution in [3.05, 3.63) is 29.8 Å². The zero-order valence-corrected chi connectivity index (χ0v) is 11.8. The highest BCUT2D eigenvalue weighted by Crippen LogP contribution is 2.36. The molecule has 0 bridgehead atoms. The lowest BCUT2D eigenvalue weighted by Gasteiger charge is -2.23. The van der Waals surface area contributed by atoms with E-state index in [1.54, 1.807) is 0 Å². The van der Waals surface area contributed by atoms with Crippen molar-refractivity contribution in [3.63, 3.8) is 0 Å². The molecule has 2 nitrogen and oxygen atoms in total. The van der Waals surface area contributed by atoms with E-state index in [4.69, 9.17) is 4.74 Å². The molecule has 0 radical (unpaired) electrons. The molecule has 1 N–H and O–H groups in total. The van der Waals surface area contributed by atoms with E-state index in [2.05, 4.69) is 50.4 Å². The number of fused-ring (bicyclic) bond motifs is 1. The van der Waals surface area contributed by atoms with E-state index in [1.165, 1.54) is 18.4 Å². The largest absolute Gasteiger partial charge is 0.493 e. The predicted octanol–water partition coefficient (Wildman–Crippen LogP) is 3.58. The molecule has 1 aromatic rings. The van der Waals surface area contributed by atoms with Crippen LogP contribution in [-0.2, 0) is 0 Å². The Morgan fingerprint density at radius 2 is 2.11 bits per heavy atom. The van der Waals surface area contributed by atoms with E-state index in [9.17, 15) is 0 Å². The minimum absolute atomic E-state index is 0.584. The molecule has 0 spiro atoms. The first kappa shape index (κ1) is 13.4. The Kier molecular flexibility index (Phi) is 4.65. The molecule has 0 fully saturated rings. The summed E-state index contributed by atoms with van der Waals surface area (Å²) >= 11 is 0. The Labute approximate surface area is 111 Å². The average molecular weight is 247 g/mol. The van der Waals surface area contributed by atoms with Crippen LogP contribution in [0.5, 0.6) is 5.75 Å². The number of rotatable bonds is 6. The van der Waals surface area contributed by atoms with Crippen molar-refractivity contribution in [2.45, 2.75) is 45.6 Å². The maximum absolute atomic E-state index is 5.74. The monoisotopic (exact) mass is 247 g/mol. The van der Waals surface area contributed by atoms with Gasteiger partial charge in [0.15, 0.2) is 0 Å². The van der Waals surface area contributed by atoms with Crippen molar-refractivity contribution in [2.75, 3.05) is 13.2 Å². The zero-order chi connectivity index (χ0) is 13.0. The molecule has 0 amide bonds. The zero-order valence-electron chi connectivity index (χ0n) is 11.8. The molecule has 1 aliphatic rings. The van der Waals surface area contributed by atoms with Crippen molar-refractivity contribution in [1.29, 1.82) is 0 Å². The van der Waals surface area contributed by atoms with E-state index in [-0.39, 0.29) is 0 Å². The van der Waals surface area contributed by atoms with Crippen LogP contribution in [0.3, 0.4) is 0 Å². The Morgan fingerprint density at radius 1 is 1.33 bits per heavy atom. The highest BCUT2D eigenvalue weighted by molar-refractivity contribution is 5.39. The van der Waals surface area contributed by atoms with Crippen molar-refractivity contribution in [1.82, 2.24) is 5.32 Å². The van der Waals surface area contributed by atoms with E-state index in [0.717, 1.165) is 18.9 Å². The van der Waals surface area contributed by atoms with Crippen molar-refractivity contribution >= 4 is 0 Å². The maximum atomic E-state index is 5.74. The van der Waals surface area contributed by atoms with Crippen LogP contribution in [0.4, 0.5) is 0 Å². The third-order valence-corrected chi connectivity index (χ3v) is 3.90. The summed E-state index contributed by atoms with van der Waals surface area (Å²) in [6.07, 6.45) is 2.45. The molecule has 0 saturated heterocycles. The van der Waals surface area contributed by atoms with Gasteiger partial charge in [0.1, 0.15) is 5.75 Å². The summed E-state index contributed by atoms with van der Waals surface area (Å²) in [6.45, 7) is 8.69. The fraction of sp³-hybridized carbons (Fsp3) is 0.625. The Hall–Kier alpha value is -1.02. The van der Waals surface area contributed by atoms with Crippen LogP contribution in [0.2, 0.25) is 0 Å². The fourth-order valence-electron chi connectivity index (χ4n) is 2.78. The molecule has 18 heavy (non-hydrogen) atoms. The van der Waals surface area contributed by atoms with Gasteiger partial charge < -0.3 is 10.1 Å². The number of hydrogen-bond donors (Lipinski definition) is 1. The van der Waals surface area contributed by atoms with Crippen LogP contribution in [0.15, 0.2) is 24.3 Å². The van der Waals surface area contributed by atoms with E-state index in [0.29, 0.717) is 17.9 Å². The molecule has 2 rings (SSSR count). The van der Waals surface area contributed by atoms with Crippen LogP contribution in [-0.4, -0.2) is 19.2 Å². The standard InChI is InChI=1S/C16H25NO/c1-4-17-15(12(2)3)10-9-13-11-18-16-8-6-5-7-14(13)16/h5-8,12-13,15,17H,4,9-11H2,1-3H3. The fourth-order valence-corrected chi connectivity index (χ4v) is 2.78. The number of hydrogen-bond acceptors (Lipinski definition) is 2. The SMILES string of the molecule is CCNC(CCC1COc2ccccc21)C(C)C. The quantitative estimate of drug-likeness (QED) is 0.829. The molecule has 1 aliphatic heterocycles. The van der Waals surface area contributed by atoms with Gasteiger partial charge in [-0.25, -0.2) is 0 Å².